The van der Waals surface area contributed by atoms with Gasteiger partial charge in [0.05, 0.1) is 43.4 Å². The van der Waals surface area contributed by atoms with Crippen LogP contribution < -0.4 is 9.47 Å². The molecule has 1 atom stereocenters. The second-order valence-corrected chi connectivity index (χ2v) is 8.72. The number of methoxy groups -OCH3 is 2. The molecule has 4 rings (SSSR count). The van der Waals surface area contributed by atoms with Crippen molar-refractivity contribution in [2.24, 2.45) is 0 Å². The topological polar surface area (TPSA) is 80.1 Å². The molecule has 1 aliphatic rings. The Morgan fingerprint density at radius 3 is 2.24 bits per heavy atom. The molecule has 0 saturated carbocycles. The number of ether oxygens (including phenoxy) is 2. The lowest BCUT2D eigenvalue weighted by atomic mass is 9.99. The van der Waals surface area contributed by atoms with Gasteiger partial charge in [0.15, 0.2) is 0 Å². The monoisotopic (exact) mass is 464 g/mol. The molecule has 1 saturated heterocycles. The van der Waals surface area contributed by atoms with Crippen LogP contribution in [0.15, 0.2) is 54.6 Å². The minimum atomic E-state index is -0.385. The number of amides is 2. The Bertz CT molecular complexity index is 1040. The molecule has 1 aromatic heterocycles. The molecule has 8 nitrogen and oxygen atoms in total. The van der Waals surface area contributed by atoms with Gasteiger partial charge in [0.2, 0.25) is 0 Å². The summed E-state index contributed by atoms with van der Waals surface area (Å²) in [7, 11) is 3.28. The fourth-order valence-corrected chi connectivity index (χ4v) is 4.27. The van der Waals surface area contributed by atoms with Gasteiger partial charge in [-0.05, 0) is 87.7 Å². The van der Waals surface area contributed by atoms with Crippen LogP contribution in [-0.2, 0) is 0 Å². The third kappa shape index (κ3) is 4.72. The van der Waals surface area contributed by atoms with Crippen molar-refractivity contribution in [1.29, 1.82) is 0 Å². The minimum absolute atomic E-state index is 0.217. The lowest BCUT2D eigenvalue weighted by Gasteiger charge is -2.37. The van der Waals surface area contributed by atoms with Crippen molar-refractivity contribution in [3.8, 4) is 28.4 Å². The average molecular weight is 465 g/mol. The number of urea groups is 1. The third-order valence-electron chi connectivity index (χ3n) is 6.21. The number of carbonyl (C=O) groups excluding carboxylic acids is 1. The van der Waals surface area contributed by atoms with Crippen LogP contribution in [0.1, 0.15) is 44.8 Å². The van der Waals surface area contributed by atoms with Crippen molar-refractivity contribution in [2.45, 2.75) is 45.2 Å². The van der Waals surface area contributed by atoms with Gasteiger partial charge in [-0.1, -0.05) is 0 Å². The number of rotatable bonds is 6. The van der Waals surface area contributed by atoms with Crippen molar-refractivity contribution < 1.29 is 19.5 Å². The molecular weight excluding hydrogens is 432 g/mol. The Morgan fingerprint density at radius 2 is 1.65 bits per heavy atom. The Morgan fingerprint density at radius 1 is 1.03 bits per heavy atom. The van der Waals surface area contributed by atoms with Crippen LogP contribution in [0.4, 0.5) is 4.79 Å². The maximum Gasteiger partial charge on any atom is 0.344 e. The second-order valence-electron chi connectivity index (χ2n) is 8.72. The SMILES string of the molecule is COc1ccc(-c2cc(C3CCCCN3C(=O)N(O)C(C)C)nn2-c2ccc(OC)cc2)cc1. The molecule has 1 unspecified atom stereocenters. The summed E-state index contributed by atoms with van der Waals surface area (Å²) < 4.78 is 12.5. The molecule has 1 aliphatic heterocycles. The lowest BCUT2D eigenvalue weighted by Crippen LogP contribution is -2.48. The van der Waals surface area contributed by atoms with Crippen molar-refractivity contribution >= 4 is 6.03 Å². The zero-order chi connectivity index (χ0) is 24.2. The van der Waals surface area contributed by atoms with E-state index in [4.69, 9.17) is 14.6 Å². The predicted molar refractivity (Wildman–Crippen MR) is 130 cm³/mol. The maximum atomic E-state index is 13.0. The Hall–Kier alpha value is -3.52. The maximum absolute atomic E-state index is 13.0. The van der Waals surface area contributed by atoms with Gasteiger partial charge < -0.3 is 14.4 Å². The van der Waals surface area contributed by atoms with Crippen LogP contribution in [-0.4, -0.2) is 57.8 Å². The summed E-state index contributed by atoms with van der Waals surface area (Å²) in [5.41, 5.74) is 3.57. The Labute approximate surface area is 200 Å². The van der Waals surface area contributed by atoms with Crippen LogP contribution in [0.5, 0.6) is 11.5 Å². The molecule has 2 amide bonds. The van der Waals surface area contributed by atoms with E-state index in [1.165, 1.54) is 0 Å². The summed E-state index contributed by atoms with van der Waals surface area (Å²) in [6, 6.07) is 16.7. The van der Waals surface area contributed by atoms with Gasteiger partial charge in [0.25, 0.3) is 0 Å². The predicted octanol–water partition coefficient (Wildman–Crippen LogP) is 5.30. The highest BCUT2D eigenvalue weighted by atomic mass is 16.5. The number of hydrogen-bond acceptors (Lipinski definition) is 5. The summed E-state index contributed by atoms with van der Waals surface area (Å²) in [6.07, 6.45) is 2.69. The zero-order valence-electron chi connectivity index (χ0n) is 20.1. The first-order chi connectivity index (χ1) is 16.4. The number of piperidine rings is 1. The van der Waals surface area contributed by atoms with Gasteiger partial charge in [-0.3, -0.25) is 5.21 Å². The molecule has 2 aromatic carbocycles. The molecule has 2 heterocycles. The molecule has 0 aliphatic carbocycles. The number of benzene rings is 2. The highest BCUT2D eigenvalue weighted by Gasteiger charge is 2.33. The van der Waals surface area contributed by atoms with E-state index in [0.29, 0.717) is 6.54 Å². The second kappa shape index (κ2) is 10.2. The third-order valence-corrected chi connectivity index (χ3v) is 6.21. The van der Waals surface area contributed by atoms with Crippen molar-refractivity contribution in [3.05, 3.63) is 60.3 Å². The van der Waals surface area contributed by atoms with E-state index in [-0.39, 0.29) is 18.1 Å². The van der Waals surface area contributed by atoms with Gasteiger partial charge in [-0.2, -0.15) is 5.10 Å². The number of hydrogen-bond donors (Lipinski definition) is 1. The van der Waals surface area contributed by atoms with E-state index < -0.39 is 0 Å². The van der Waals surface area contributed by atoms with Crippen LogP contribution in [0.2, 0.25) is 0 Å². The number of nitrogens with zero attached hydrogens (tertiary/aromatic N) is 4. The molecular formula is C26H32N4O4. The molecule has 1 N–H and O–H groups in total. The number of likely N-dealkylation sites (tertiary alicyclic amines) is 1. The normalized spacial score (nSPS) is 15.9. The quantitative estimate of drug-likeness (QED) is 0.395. The fraction of sp³-hybridized carbons (Fsp3) is 0.385. The van der Waals surface area contributed by atoms with Crippen LogP contribution in [0.3, 0.4) is 0 Å². The number of carbonyl (C=O) groups is 1. The average Bonchev–Trinajstić information content (AvgIpc) is 3.33. The van der Waals surface area contributed by atoms with Crippen LogP contribution >= 0.6 is 0 Å². The first kappa shape index (κ1) is 23.6. The summed E-state index contributed by atoms with van der Waals surface area (Å²) in [5.74, 6) is 1.54. The van der Waals surface area contributed by atoms with Gasteiger partial charge in [0, 0.05) is 12.1 Å². The summed E-state index contributed by atoms with van der Waals surface area (Å²) in [5, 5.41) is 16.1. The summed E-state index contributed by atoms with van der Waals surface area (Å²) >= 11 is 0. The Kier molecular flexibility index (Phi) is 7.07. The highest BCUT2D eigenvalue weighted by molar-refractivity contribution is 5.74. The first-order valence-corrected chi connectivity index (χ1v) is 11.6. The van der Waals surface area contributed by atoms with E-state index in [1.807, 2.05) is 59.3 Å². The number of aromatic nitrogens is 2. The van der Waals surface area contributed by atoms with Crippen LogP contribution in [0, 0.1) is 0 Å². The molecule has 180 valence electrons. The van der Waals surface area contributed by atoms with E-state index >= 15 is 0 Å². The van der Waals surface area contributed by atoms with E-state index in [2.05, 4.69) is 0 Å². The molecule has 3 aromatic rings. The first-order valence-electron chi connectivity index (χ1n) is 11.6. The molecule has 0 radical (unpaired) electrons. The molecule has 1 fully saturated rings. The van der Waals surface area contributed by atoms with E-state index in [1.54, 1.807) is 33.0 Å². The zero-order valence-corrected chi connectivity index (χ0v) is 20.1. The fourth-order valence-electron chi connectivity index (χ4n) is 4.27. The largest absolute Gasteiger partial charge is 0.497 e. The minimum Gasteiger partial charge on any atom is -0.497 e. The number of hydroxylamine groups is 2. The van der Waals surface area contributed by atoms with Crippen molar-refractivity contribution in [3.63, 3.8) is 0 Å². The van der Waals surface area contributed by atoms with Crippen molar-refractivity contribution in [2.75, 3.05) is 20.8 Å². The Balaban J connectivity index is 1.77. The smallest absolute Gasteiger partial charge is 0.344 e. The van der Waals surface area contributed by atoms with Crippen molar-refractivity contribution in [1.82, 2.24) is 19.7 Å². The molecule has 34 heavy (non-hydrogen) atoms. The van der Waals surface area contributed by atoms with Crippen LogP contribution in [0.25, 0.3) is 16.9 Å². The standard InChI is InChI=1S/C26H32N4O4/c1-18(2)30(32)26(31)28-16-6-5-7-24(28)23-17-25(19-8-12-21(33-3)13-9-19)29(27-23)20-10-14-22(34-4)15-11-20/h8-15,17-18,24,32H,5-7,16H2,1-4H3. The molecule has 0 bridgehead atoms. The highest BCUT2D eigenvalue weighted by Crippen LogP contribution is 2.35. The van der Waals surface area contributed by atoms with Gasteiger partial charge in [0.1, 0.15) is 11.5 Å². The summed E-state index contributed by atoms with van der Waals surface area (Å²) in [6.45, 7) is 4.16. The van der Waals surface area contributed by atoms with Gasteiger partial charge in [-0.25, -0.2) is 14.5 Å². The van der Waals surface area contributed by atoms with Gasteiger partial charge >= 0.3 is 6.03 Å². The van der Waals surface area contributed by atoms with Gasteiger partial charge in [-0.15, -0.1) is 0 Å². The van der Waals surface area contributed by atoms with E-state index in [9.17, 15) is 10.0 Å². The molecule has 8 heteroatoms. The lowest BCUT2D eigenvalue weighted by molar-refractivity contribution is -0.0855. The van der Waals surface area contributed by atoms with E-state index in [0.717, 1.165) is 58.5 Å². The summed E-state index contributed by atoms with van der Waals surface area (Å²) in [4.78, 5) is 14.8. The molecule has 0 spiro atoms.